The van der Waals surface area contributed by atoms with E-state index in [-0.39, 0.29) is 11.8 Å². The molecule has 0 radical (unpaired) electrons. The van der Waals surface area contributed by atoms with Gasteiger partial charge in [-0.25, -0.2) is 4.79 Å². The first-order valence-corrected chi connectivity index (χ1v) is 8.94. The standard InChI is InChI=1S/C20H25N3O3/c1-13(2)14-5-7-18(8-6-14)23(26)20(25)22-10-9-15-11-16(19(21)24)3-4-17(15)12-22/h4-8,11,13,16,26H,3,9-10,12H2,1-2H3,(H2,21,24). The fourth-order valence-corrected chi connectivity index (χ4v) is 3.37. The van der Waals surface area contributed by atoms with Crippen LogP contribution in [0.25, 0.3) is 0 Å². The van der Waals surface area contributed by atoms with E-state index in [4.69, 9.17) is 5.73 Å². The van der Waals surface area contributed by atoms with Gasteiger partial charge in [0.1, 0.15) is 0 Å². The van der Waals surface area contributed by atoms with Crippen molar-refractivity contribution in [3.63, 3.8) is 0 Å². The number of hydrogen-bond donors (Lipinski definition) is 2. The lowest BCUT2D eigenvalue weighted by Gasteiger charge is -2.34. The summed E-state index contributed by atoms with van der Waals surface area (Å²) in [5, 5.41) is 11.0. The van der Waals surface area contributed by atoms with Crippen LogP contribution in [0, 0.1) is 5.92 Å². The number of allylic oxidation sites excluding steroid dienone is 1. The number of anilines is 1. The van der Waals surface area contributed by atoms with E-state index in [0.717, 1.165) is 16.7 Å². The van der Waals surface area contributed by atoms with Crippen molar-refractivity contribution in [1.82, 2.24) is 4.90 Å². The largest absolute Gasteiger partial charge is 0.369 e. The number of likely N-dealkylation sites (tertiary alicyclic amines) is 1. The molecule has 3 amide bonds. The third-order valence-electron chi connectivity index (χ3n) is 5.07. The van der Waals surface area contributed by atoms with Gasteiger partial charge in [0.2, 0.25) is 5.91 Å². The highest BCUT2D eigenvalue weighted by atomic mass is 16.5. The van der Waals surface area contributed by atoms with E-state index in [9.17, 15) is 14.8 Å². The quantitative estimate of drug-likeness (QED) is 0.645. The number of rotatable bonds is 3. The van der Waals surface area contributed by atoms with Gasteiger partial charge in [-0.05, 0) is 47.6 Å². The molecule has 138 valence electrons. The number of amides is 3. The maximum Gasteiger partial charge on any atom is 0.348 e. The second-order valence-electron chi connectivity index (χ2n) is 7.18. The van der Waals surface area contributed by atoms with Crippen LogP contribution in [0.3, 0.4) is 0 Å². The molecule has 0 aromatic heterocycles. The molecule has 3 N–H and O–H groups in total. The molecule has 26 heavy (non-hydrogen) atoms. The summed E-state index contributed by atoms with van der Waals surface area (Å²) in [5.41, 5.74) is 9.10. The minimum atomic E-state index is -0.445. The van der Waals surface area contributed by atoms with Gasteiger partial charge in [0, 0.05) is 13.1 Å². The Kier molecular flexibility index (Phi) is 5.13. The molecule has 1 atom stereocenters. The van der Waals surface area contributed by atoms with Crippen LogP contribution in [0.2, 0.25) is 0 Å². The number of carbonyl (C=O) groups is 2. The maximum atomic E-state index is 12.6. The molecule has 0 saturated carbocycles. The van der Waals surface area contributed by atoms with Crippen LogP contribution < -0.4 is 10.8 Å². The van der Waals surface area contributed by atoms with Gasteiger partial charge < -0.3 is 10.6 Å². The molecule has 0 bridgehead atoms. The summed E-state index contributed by atoms with van der Waals surface area (Å²) >= 11 is 0. The van der Waals surface area contributed by atoms with Gasteiger partial charge in [-0.1, -0.05) is 38.1 Å². The number of benzene rings is 1. The van der Waals surface area contributed by atoms with Crippen LogP contribution in [0.4, 0.5) is 10.5 Å². The third kappa shape index (κ3) is 3.65. The van der Waals surface area contributed by atoms with Crippen molar-refractivity contribution in [2.75, 3.05) is 18.2 Å². The smallest absolute Gasteiger partial charge is 0.348 e. The van der Waals surface area contributed by atoms with Crippen molar-refractivity contribution in [3.8, 4) is 0 Å². The summed E-state index contributed by atoms with van der Waals surface area (Å²) in [6, 6.07) is 6.89. The zero-order valence-corrected chi connectivity index (χ0v) is 15.2. The number of nitrogens with zero attached hydrogens (tertiary/aromatic N) is 2. The van der Waals surface area contributed by atoms with E-state index < -0.39 is 6.03 Å². The molecule has 1 aliphatic carbocycles. The van der Waals surface area contributed by atoms with Crippen molar-refractivity contribution in [3.05, 3.63) is 53.1 Å². The highest BCUT2D eigenvalue weighted by Crippen LogP contribution is 2.30. The highest BCUT2D eigenvalue weighted by molar-refractivity contribution is 5.90. The SMILES string of the molecule is CC(C)c1ccc(N(O)C(=O)N2CCC3=CC(C(N)=O)CC=C3C2)cc1. The minimum absolute atomic E-state index is 0.259. The lowest BCUT2D eigenvalue weighted by molar-refractivity contribution is -0.120. The first-order chi connectivity index (χ1) is 12.4. The van der Waals surface area contributed by atoms with E-state index in [1.807, 2.05) is 24.3 Å². The van der Waals surface area contributed by atoms with E-state index in [1.165, 1.54) is 0 Å². The van der Waals surface area contributed by atoms with E-state index in [2.05, 4.69) is 13.8 Å². The second-order valence-corrected chi connectivity index (χ2v) is 7.18. The highest BCUT2D eigenvalue weighted by Gasteiger charge is 2.29. The molecule has 6 nitrogen and oxygen atoms in total. The van der Waals surface area contributed by atoms with Gasteiger partial charge in [-0.15, -0.1) is 0 Å². The Balaban J connectivity index is 1.68. The second kappa shape index (κ2) is 7.33. The summed E-state index contributed by atoms with van der Waals surface area (Å²) in [6.07, 6.45) is 5.11. The molecular formula is C20H25N3O3. The topological polar surface area (TPSA) is 86.9 Å². The monoisotopic (exact) mass is 355 g/mol. The van der Waals surface area contributed by atoms with Gasteiger partial charge in [-0.2, -0.15) is 5.06 Å². The lowest BCUT2D eigenvalue weighted by atomic mass is 9.86. The molecular weight excluding hydrogens is 330 g/mol. The number of fused-ring (bicyclic) bond motifs is 1. The van der Waals surface area contributed by atoms with Crippen LogP contribution in [-0.2, 0) is 4.79 Å². The zero-order chi connectivity index (χ0) is 18.8. The third-order valence-corrected chi connectivity index (χ3v) is 5.07. The molecule has 1 heterocycles. The Hall–Kier alpha value is -2.60. The molecule has 3 rings (SSSR count). The number of hydroxylamine groups is 1. The Morgan fingerprint density at radius 2 is 1.92 bits per heavy atom. The number of primary amides is 1. The molecule has 1 unspecified atom stereocenters. The van der Waals surface area contributed by atoms with E-state index >= 15 is 0 Å². The van der Waals surface area contributed by atoms with Crippen molar-refractivity contribution in [2.45, 2.75) is 32.6 Å². The fourth-order valence-electron chi connectivity index (χ4n) is 3.37. The van der Waals surface area contributed by atoms with Crippen LogP contribution >= 0.6 is 0 Å². The lowest BCUT2D eigenvalue weighted by Crippen LogP contribution is -2.45. The van der Waals surface area contributed by atoms with Crippen molar-refractivity contribution in [1.29, 1.82) is 0 Å². The average Bonchev–Trinajstić information content (AvgIpc) is 2.66. The maximum absolute atomic E-state index is 12.6. The predicted molar refractivity (Wildman–Crippen MR) is 99.8 cm³/mol. The molecule has 6 heteroatoms. The van der Waals surface area contributed by atoms with Gasteiger partial charge in [0.25, 0.3) is 0 Å². The van der Waals surface area contributed by atoms with Crippen molar-refractivity contribution in [2.24, 2.45) is 11.7 Å². The predicted octanol–water partition coefficient (Wildman–Crippen LogP) is 3.19. The number of nitrogens with two attached hydrogens (primary N) is 1. The fraction of sp³-hybridized carbons (Fsp3) is 0.400. The number of piperidine rings is 1. The Morgan fingerprint density at radius 3 is 2.54 bits per heavy atom. The Labute approximate surface area is 153 Å². The van der Waals surface area contributed by atoms with Gasteiger partial charge in [-0.3, -0.25) is 10.0 Å². The van der Waals surface area contributed by atoms with Crippen LogP contribution in [-0.4, -0.2) is 35.1 Å². The molecule has 1 aromatic rings. The first-order valence-electron chi connectivity index (χ1n) is 8.94. The van der Waals surface area contributed by atoms with E-state index in [1.54, 1.807) is 17.0 Å². The van der Waals surface area contributed by atoms with Crippen LogP contribution in [0.1, 0.15) is 38.2 Å². The first kappa shape index (κ1) is 18.2. The molecule has 1 aliphatic heterocycles. The number of urea groups is 1. The molecule has 0 spiro atoms. The van der Waals surface area contributed by atoms with Crippen molar-refractivity contribution < 1.29 is 14.8 Å². The molecule has 1 saturated heterocycles. The van der Waals surface area contributed by atoms with Crippen molar-refractivity contribution >= 4 is 17.6 Å². The van der Waals surface area contributed by atoms with E-state index in [0.29, 0.717) is 42.6 Å². The van der Waals surface area contributed by atoms with Gasteiger partial charge in [0.05, 0.1) is 11.6 Å². The number of carbonyl (C=O) groups excluding carboxylic acids is 2. The summed E-state index contributed by atoms with van der Waals surface area (Å²) in [6.45, 7) is 5.11. The molecule has 2 aliphatic rings. The minimum Gasteiger partial charge on any atom is -0.369 e. The summed E-state index contributed by atoms with van der Waals surface area (Å²) < 4.78 is 0. The van der Waals surface area contributed by atoms with Crippen LogP contribution in [0.5, 0.6) is 0 Å². The number of hydrogen-bond acceptors (Lipinski definition) is 3. The van der Waals surface area contributed by atoms with Gasteiger partial charge in [0.15, 0.2) is 0 Å². The molecule has 1 aromatic carbocycles. The Morgan fingerprint density at radius 1 is 1.23 bits per heavy atom. The normalized spacial score (nSPS) is 19.5. The average molecular weight is 355 g/mol. The summed E-state index contributed by atoms with van der Waals surface area (Å²) in [5.74, 6) is -0.191. The van der Waals surface area contributed by atoms with Crippen LogP contribution in [0.15, 0.2) is 47.6 Å². The van der Waals surface area contributed by atoms with Gasteiger partial charge >= 0.3 is 6.03 Å². The summed E-state index contributed by atoms with van der Waals surface area (Å²) in [7, 11) is 0. The zero-order valence-electron chi connectivity index (χ0n) is 15.2. The summed E-state index contributed by atoms with van der Waals surface area (Å²) in [4.78, 5) is 25.6. The molecule has 1 fully saturated rings. The Bertz CT molecular complexity index is 765.